The fourth-order valence-corrected chi connectivity index (χ4v) is 1.89. The van der Waals surface area contributed by atoms with Crippen LogP contribution >= 0.6 is 0 Å². The first-order valence-electron chi connectivity index (χ1n) is 5.85. The highest BCUT2D eigenvalue weighted by Gasteiger charge is 2.14. The van der Waals surface area contributed by atoms with Crippen molar-refractivity contribution < 1.29 is 9.72 Å². The number of benzene rings is 1. The maximum Gasteiger partial charge on any atom is 0.272 e. The molecule has 6 heteroatoms. The topological polar surface area (TPSA) is 78.0 Å². The molecular formula is C13H13N3O3. The predicted molar refractivity (Wildman–Crippen MR) is 70.1 cm³/mol. The van der Waals surface area contributed by atoms with Crippen LogP contribution in [0.4, 0.5) is 5.69 Å². The van der Waals surface area contributed by atoms with Crippen LogP contribution in [0.15, 0.2) is 24.3 Å². The number of nitro groups is 1. The molecule has 0 aliphatic heterocycles. The summed E-state index contributed by atoms with van der Waals surface area (Å²) in [5.41, 5.74) is 2.30. The van der Waals surface area contributed by atoms with Crippen molar-refractivity contribution in [2.45, 2.75) is 20.4 Å². The number of aldehydes is 1. The number of aromatic nitrogens is 2. The quantitative estimate of drug-likeness (QED) is 0.480. The molecule has 0 bridgehead atoms. The van der Waals surface area contributed by atoms with E-state index in [2.05, 4.69) is 5.10 Å². The smallest absolute Gasteiger partial charge is 0.272 e. The highest BCUT2D eigenvalue weighted by atomic mass is 16.6. The third kappa shape index (κ3) is 2.37. The second-order valence-corrected chi connectivity index (χ2v) is 4.15. The normalized spacial score (nSPS) is 10.4. The Kier molecular flexibility index (Phi) is 3.41. The minimum Gasteiger partial charge on any atom is -0.296 e. The molecule has 1 heterocycles. The Morgan fingerprint density at radius 1 is 1.42 bits per heavy atom. The van der Waals surface area contributed by atoms with E-state index in [4.69, 9.17) is 0 Å². The van der Waals surface area contributed by atoms with Crippen LogP contribution in [0.25, 0.3) is 11.3 Å². The fraction of sp³-hybridized carbons (Fsp3) is 0.231. The first-order chi connectivity index (χ1) is 9.06. The van der Waals surface area contributed by atoms with Crippen molar-refractivity contribution in [2.75, 3.05) is 0 Å². The lowest BCUT2D eigenvalue weighted by Gasteiger charge is -2.00. The van der Waals surface area contributed by atoms with Crippen LogP contribution in [0, 0.1) is 17.0 Å². The van der Waals surface area contributed by atoms with Crippen LogP contribution in [0.5, 0.6) is 0 Å². The maximum atomic E-state index is 10.9. The molecule has 98 valence electrons. The van der Waals surface area contributed by atoms with E-state index >= 15 is 0 Å². The largest absolute Gasteiger partial charge is 0.296 e. The standard InChI is InChI=1S/C13H13N3O3/c1-3-15-11(8-17)7-12(14-15)10-5-4-9(2)13(6-10)16(18)19/h4-8H,3H2,1-2H3. The van der Waals surface area contributed by atoms with Gasteiger partial charge in [0.15, 0.2) is 6.29 Å². The first kappa shape index (κ1) is 12.9. The average Bonchev–Trinajstić information content (AvgIpc) is 2.82. The van der Waals surface area contributed by atoms with Crippen LogP contribution in [-0.2, 0) is 6.54 Å². The second-order valence-electron chi connectivity index (χ2n) is 4.15. The van der Waals surface area contributed by atoms with Crippen molar-refractivity contribution in [2.24, 2.45) is 0 Å². The lowest BCUT2D eigenvalue weighted by molar-refractivity contribution is -0.385. The Balaban J connectivity index is 2.53. The monoisotopic (exact) mass is 259 g/mol. The predicted octanol–water partition coefficient (Wildman–Crippen LogP) is 2.60. The summed E-state index contributed by atoms with van der Waals surface area (Å²) in [5, 5.41) is 15.2. The SMILES string of the molecule is CCn1nc(-c2ccc(C)c([N+](=O)[O-])c2)cc1C=O. The highest BCUT2D eigenvalue weighted by molar-refractivity contribution is 5.76. The Hall–Kier alpha value is -2.50. The van der Waals surface area contributed by atoms with Crippen molar-refractivity contribution in [3.05, 3.63) is 45.6 Å². The molecule has 1 aromatic heterocycles. The van der Waals surface area contributed by atoms with Gasteiger partial charge in [0.1, 0.15) is 5.69 Å². The summed E-state index contributed by atoms with van der Waals surface area (Å²) in [6.45, 7) is 4.13. The molecule has 0 aliphatic rings. The van der Waals surface area contributed by atoms with E-state index in [0.717, 1.165) is 6.29 Å². The van der Waals surface area contributed by atoms with Crippen molar-refractivity contribution in [3.8, 4) is 11.3 Å². The van der Waals surface area contributed by atoms with Gasteiger partial charge in [0, 0.05) is 23.7 Å². The van der Waals surface area contributed by atoms with Gasteiger partial charge in [-0.15, -0.1) is 0 Å². The van der Waals surface area contributed by atoms with Gasteiger partial charge in [0.05, 0.1) is 10.6 Å². The van der Waals surface area contributed by atoms with E-state index in [1.165, 1.54) is 6.07 Å². The van der Waals surface area contributed by atoms with Gasteiger partial charge in [-0.3, -0.25) is 19.6 Å². The Bertz CT molecular complexity index is 647. The molecule has 0 spiro atoms. The maximum absolute atomic E-state index is 10.9. The van der Waals surface area contributed by atoms with Crippen molar-refractivity contribution in [1.29, 1.82) is 0 Å². The summed E-state index contributed by atoms with van der Waals surface area (Å²) in [7, 11) is 0. The molecule has 1 aromatic carbocycles. The van der Waals surface area contributed by atoms with Gasteiger partial charge in [0.25, 0.3) is 5.69 Å². The molecule has 0 aliphatic carbocycles. The van der Waals surface area contributed by atoms with Gasteiger partial charge in [-0.2, -0.15) is 5.10 Å². The number of hydrogen-bond acceptors (Lipinski definition) is 4. The molecule has 0 N–H and O–H groups in total. The lowest BCUT2D eigenvalue weighted by atomic mass is 10.1. The van der Waals surface area contributed by atoms with E-state index in [-0.39, 0.29) is 5.69 Å². The summed E-state index contributed by atoms with van der Waals surface area (Å²) in [5.74, 6) is 0. The third-order valence-electron chi connectivity index (χ3n) is 2.93. The van der Waals surface area contributed by atoms with E-state index in [1.54, 1.807) is 29.8 Å². The lowest BCUT2D eigenvalue weighted by Crippen LogP contribution is -2.01. The zero-order valence-corrected chi connectivity index (χ0v) is 10.7. The number of nitro benzene ring substituents is 1. The van der Waals surface area contributed by atoms with E-state index in [0.29, 0.717) is 29.1 Å². The molecule has 0 saturated carbocycles. The molecule has 0 fully saturated rings. The fourth-order valence-electron chi connectivity index (χ4n) is 1.89. The van der Waals surface area contributed by atoms with Crippen LogP contribution in [0.1, 0.15) is 23.0 Å². The molecular weight excluding hydrogens is 246 g/mol. The number of rotatable bonds is 4. The Morgan fingerprint density at radius 2 is 2.16 bits per heavy atom. The third-order valence-corrected chi connectivity index (χ3v) is 2.93. The zero-order chi connectivity index (χ0) is 14.0. The van der Waals surface area contributed by atoms with Crippen molar-refractivity contribution in [3.63, 3.8) is 0 Å². The minimum atomic E-state index is -0.420. The number of hydrogen-bond donors (Lipinski definition) is 0. The number of carbonyl (C=O) groups excluding carboxylic acids is 1. The summed E-state index contributed by atoms with van der Waals surface area (Å²) in [4.78, 5) is 21.4. The molecule has 2 aromatic rings. The molecule has 0 atom stereocenters. The average molecular weight is 259 g/mol. The Morgan fingerprint density at radius 3 is 2.68 bits per heavy atom. The van der Waals surface area contributed by atoms with Crippen LogP contribution in [0.2, 0.25) is 0 Å². The molecule has 2 rings (SSSR count). The van der Waals surface area contributed by atoms with Gasteiger partial charge in [0.2, 0.25) is 0 Å². The van der Waals surface area contributed by atoms with Crippen LogP contribution in [-0.4, -0.2) is 21.0 Å². The number of nitrogens with zero attached hydrogens (tertiary/aromatic N) is 3. The molecule has 6 nitrogen and oxygen atoms in total. The first-order valence-corrected chi connectivity index (χ1v) is 5.85. The van der Waals surface area contributed by atoms with Gasteiger partial charge < -0.3 is 0 Å². The van der Waals surface area contributed by atoms with Crippen LogP contribution in [0.3, 0.4) is 0 Å². The number of aryl methyl sites for hydroxylation is 2. The molecule has 0 radical (unpaired) electrons. The van der Waals surface area contributed by atoms with Gasteiger partial charge >= 0.3 is 0 Å². The molecule has 0 saturated heterocycles. The van der Waals surface area contributed by atoms with Gasteiger partial charge in [-0.25, -0.2) is 0 Å². The molecule has 0 unspecified atom stereocenters. The minimum absolute atomic E-state index is 0.0520. The van der Waals surface area contributed by atoms with Crippen molar-refractivity contribution >= 4 is 12.0 Å². The highest BCUT2D eigenvalue weighted by Crippen LogP contribution is 2.26. The summed E-state index contributed by atoms with van der Waals surface area (Å²) in [6, 6.07) is 6.55. The van der Waals surface area contributed by atoms with Gasteiger partial charge in [-0.1, -0.05) is 12.1 Å². The van der Waals surface area contributed by atoms with E-state index in [1.807, 2.05) is 6.92 Å². The summed E-state index contributed by atoms with van der Waals surface area (Å²) < 4.78 is 1.56. The molecule has 0 amide bonds. The Labute approximate surface area is 109 Å². The number of carbonyl (C=O) groups is 1. The van der Waals surface area contributed by atoms with E-state index in [9.17, 15) is 14.9 Å². The zero-order valence-electron chi connectivity index (χ0n) is 10.7. The molecule has 19 heavy (non-hydrogen) atoms. The van der Waals surface area contributed by atoms with Crippen LogP contribution < -0.4 is 0 Å². The summed E-state index contributed by atoms with van der Waals surface area (Å²) in [6.07, 6.45) is 0.725. The summed E-state index contributed by atoms with van der Waals surface area (Å²) >= 11 is 0. The van der Waals surface area contributed by atoms with Crippen molar-refractivity contribution in [1.82, 2.24) is 9.78 Å². The van der Waals surface area contributed by atoms with E-state index < -0.39 is 4.92 Å². The van der Waals surface area contributed by atoms with Gasteiger partial charge in [-0.05, 0) is 19.9 Å². The second kappa shape index (κ2) is 5.01.